The van der Waals surface area contributed by atoms with E-state index in [0.717, 1.165) is 5.56 Å². The molecule has 0 aliphatic carbocycles. The van der Waals surface area contributed by atoms with Crippen molar-refractivity contribution < 1.29 is 17.9 Å². The molecule has 1 heterocycles. The van der Waals surface area contributed by atoms with Crippen molar-refractivity contribution in [2.24, 2.45) is 0 Å². The zero-order valence-electron chi connectivity index (χ0n) is 13.6. The highest BCUT2D eigenvalue weighted by Gasteiger charge is 2.37. The lowest BCUT2D eigenvalue weighted by molar-refractivity contribution is -0.140. The number of fused-ring (bicyclic) bond motifs is 1. The molecule has 126 valence electrons. The van der Waals surface area contributed by atoms with Crippen LogP contribution in [0.1, 0.15) is 23.5 Å². The standard InChI is InChI=1S/C18H19NO4S/c1-13-7-3-6-10-17(13)24(21,22)19-12-14(11-18(20)23-2)15-8-4-5-9-16(15)19/h3-10,14H,11-12H2,1-2H3. The fraction of sp³-hybridized carbons (Fsp3) is 0.278. The second-order valence-electron chi connectivity index (χ2n) is 5.84. The molecular weight excluding hydrogens is 326 g/mol. The molecular formula is C18H19NO4S. The molecule has 6 heteroatoms. The van der Waals surface area contributed by atoms with Crippen LogP contribution in [0.25, 0.3) is 0 Å². The molecule has 0 N–H and O–H groups in total. The van der Waals surface area contributed by atoms with E-state index in [1.807, 2.05) is 18.2 Å². The molecule has 0 amide bonds. The maximum atomic E-state index is 13.1. The van der Waals surface area contributed by atoms with E-state index < -0.39 is 10.0 Å². The summed E-state index contributed by atoms with van der Waals surface area (Å²) in [6.45, 7) is 2.02. The van der Waals surface area contributed by atoms with Crippen molar-refractivity contribution in [2.75, 3.05) is 18.0 Å². The Morgan fingerprint density at radius 2 is 1.83 bits per heavy atom. The van der Waals surface area contributed by atoms with Crippen LogP contribution in [0.4, 0.5) is 5.69 Å². The van der Waals surface area contributed by atoms with Gasteiger partial charge in [0.25, 0.3) is 10.0 Å². The molecule has 0 bridgehead atoms. The molecule has 2 aromatic rings. The normalized spacial score (nSPS) is 16.8. The summed E-state index contributed by atoms with van der Waals surface area (Å²) in [6, 6.07) is 14.2. The van der Waals surface area contributed by atoms with Crippen molar-refractivity contribution in [1.29, 1.82) is 0 Å². The lowest BCUT2D eigenvalue weighted by Crippen LogP contribution is -2.30. The average Bonchev–Trinajstić information content (AvgIpc) is 2.94. The van der Waals surface area contributed by atoms with Gasteiger partial charge in [0.15, 0.2) is 0 Å². The maximum absolute atomic E-state index is 13.1. The quantitative estimate of drug-likeness (QED) is 0.800. The first-order valence-corrected chi connectivity index (χ1v) is 9.13. The number of para-hydroxylation sites is 1. The second kappa shape index (κ2) is 6.28. The SMILES string of the molecule is COC(=O)CC1CN(S(=O)(=O)c2ccccc2C)c2ccccc21. The van der Waals surface area contributed by atoms with Crippen LogP contribution < -0.4 is 4.31 Å². The molecule has 1 atom stereocenters. The van der Waals surface area contributed by atoms with Gasteiger partial charge >= 0.3 is 5.97 Å². The van der Waals surface area contributed by atoms with Gasteiger partial charge in [0.1, 0.15) is 0 Å². The van der Waals surface area contributed by atoms with Crippen LogP contribution in [-0.4, -0.2) is 28.0 Å². The Hall–Kier alpha value is -2.34. The molecule has 0 spiro atoms. The molecule has 1 aliphatic rings. The van der Waals surface area contributed by atoms with E-state index in [0.29, 0.717) is 16.1 Å². The first-order chi connectivity index (χ1) is 11.4. The number of nitrogens with zero attached hydrogens (tertiary/aromatic N) is 1. The third-order valence-corrected chi connectivity index (χ3v) is 6.27. The average molecular weight is 345 g/mol. The summed E-state index contributed by atoms with van der Waals surface area (Å²) in [5.74, 6) is -0.544. The van der Waals surface area contributed by atoms with Crippen molar-refractivity contribution in [3.8, 4) is 0 Å². The molecule has 5 nitrogen and oxygen atoms in total. The number of methoxy groups -OCH3 is 1. The van der Waals surface area contributed by atoms with E-state index in [1.165, 1.54) is 11.4 Å². The fourth-order valence-corrected chi connectivity index (χ4v) is 4.87. The van der Waals surface area contributed by atoms with Gasteiger partial charge in [-0.3, -0.25) is 9.10 Å². The van der Waals surface area contributed by atoms with E-state index >= 15 is 0 Å². The van der Waals surface area contributed by atoms with Gasteiger partial charge in [-0.1, -0.05) is 36.4 Å². The lowest BCUT2D eigenvalue weighted by Gasteiger charge is -2.21. The predicted molar refractivity (Wildman–Crippen MR) is 91.5 cm³/mol. The summed E-state index contributed by atoms with van der Waals surface area (Å²) < 4.78 is 32.4. The molecule has 0 radical (unpaired) electrons. The van der Waals surface area contributed by atoms with E-state index in [1.54, 1.807) is 37.3 Å². The zero-order valence-corrected chi connectivity index (χ0v) is 14.4. The number of sulfonamides is 1. The van der Waals surface area contributed by atoms with E-state index in [9.17, 15) is 13.2 Å². The van der Waals surface area contributed by atoms with Crippen LogP contribution in [0.3, 0.4) is 0 Å². The number of carbonyl (C=O) groups is 1. The van der Waals surface area contributed by atoms with Crippen molar-refractivity contribution in [1.82, 2.24) is 0 Å². The molecule has 0 aromatic heterocycles. The molecule has 2 aromatic carbocycles. The van der Waals surface area contributed by atoms with Gasteiger partial charge in [0.05, 0.1) is 24.1 Å². The summed E-state index contributed by atoms with van der Waals surface area (Å²) in [6.07, 6.45) is 0.160. The minimum absolute atomic E-state index is 0.160. The van der Waals surface area contributed by atoms with Gasteiger partial charge in [-0.25, -0.2) is 8.42 Å². The third-order valence-electron chi connectivity index (χ3n) is 4.33. The molecule has 24 heavy (non-hydrogen) atoms. The van der Waals surface area contributed by atoms with E-state index in [4.69, 9.17) is 4.74 Å². The van der Waals surface area contributed by atoms with Crippen molar-refractivity contribution >= 4 is 21.7 Å². The number of aryl methyl sites for hydroxylation is 1. The van der Waals surface area contributed by atoms with Gasteiger partial charge in [-0.2, -0.15) is 0 Å². The van der Waals surface area contributed by atoms with Gasteiger partial charge in [-0.05, 0) is 30.2 Å². The number of hydrogen-bond acceptors (Lipinski definition) is 4. The van der Waals surface area contributed by atoms with E-state index in [-0.39, 0.29) is 24.9 Å². The Labute approximate surface area is 141 Å². The van der Waals surface area contributed by atoms with Crippen LogP contribution in [0.2, 0.25) is 0 Å². The Bertz CT molecular complexity index is 876. The smallest absolute Gasteiger partial charge is 0.306 e. The van der Waals surface area contributed by atoms with Crippen LogP contribution >= 0.6 is 0 Å². The molecule has 1 unspecified atom stereocenters. The minimum Gasteiger partial charge on any atom is -0.469 e. The first-order valence-electron chi connectivity index (χ1n) is 7.69. The van der Waals surface area contributed by atoms with Crippen LogP contribution in [0, 0.1) is 6.92 Å². The number of carbonyl (C=O) groups excluding carboxylic acids is 1. The largest absolute Gasteiger partial charge is 0.469 e. The summed E-state index contributed by atoms with van der Waals surface area (Å²) >= 11 is 0. The predicted octanol–water partition coefficient (Wildman–Crippen LogP) is 2.85. The van der Waals surface area contributed by atoms with Gasteiger partial charge < -0.3 is 4.74 Å². The topological polar surface area (TPSA) is 63.7 Å². The van der Waals surface area contributed by atoms with Crippen LogP contribution in [0.15, 0.2) is 53.4 Å². The number of ether oxygens (including phenoxy) is 1. The minimum atomic E-state index is -3.68. The van der Waals surface area contributed by atoms with Crippen LogP contribution in [0.5, 0.6) is 0 Å². The van der Waals surface area contributed by atoms with E-state index in [2.05, 4.69) is 0 Å². The number of rotatable bonds is 4. The zero-order chi connectivity index (χ0) is 17.3. The summed E-state index contributed by atoms with van der Waals surface area (Å²) in [7, 11) is -2.34. The Morgan fingerprint density at radius 1 is 1.17 bits per heavy atom. The molecule has 1 aliphatic heterocycles. The molecule has 0 fully saturated rings. The third kappa shape index (κ3) is 2.78. The number of esters is 1. The van der Waals surface area contributed by atoms with Gasteiger partial charge in [0.2, 0.25) is 0 Å². The van der Waals surface area contributed by atoms with Crippen molar-refractivity contribution in [3.63, 3.8) is 0 Å². The highest BCUT2D eigenvalue weighted by atomic mass is 32.2. The second-order valence-corrected chi connectivity index (χ2v) is 7.67. The number of hydrogen-bond donors (Lipinski definition) is 0. The Kier molecular flexibility index (Phi) is 4.32. The Balaban J connectivity index is 2.04. The monoisotopic (exact) mass is 345 g/mol. The van der Waals surface area contributed by atoms with Gasteiger partial charge in [-0.15, -0.1) is 0 Å². The van der Waals surface area contributed by atoms with Crippen molar-refractivity contribution in [3.05, 3.63) is 59.7 Å². The fourth-order valence-electron chi connectivity index (χ4n) is 3.11. The number of anilines is 1. The highest BCUT2D eigenvalue weighted by Crippen LogP contribution is 2.41. The maximum Gasteiger partial charge on any atom is 0.306 e. The van der Waals surface area contributed by atoms with Gasteiger partial charge in [0, 0.05) is 12.5 Å². The van der Waals surface area contributed by atoms with Crippen molar-refractivity contribution in [2.45, 2.75) is 24.2 Å². The molecule has 0 saturated heterocycles. The summed E-state index contributed by atoms with van der Waals surface area (Å²) in [5, 5.41) is 0. The molecule has 0 saturated carbocycles. The highest BCUT2D eigenvalue weighted by molar-refractivity contribution is 7.93. The summed E-state index contributed by atoms with van der Waals surface area (Å²) in [4.78, 5) is 12.0. The van der Waals surface area contributed by atoms with Crippen LogP contribution in [-0.2, 0) is 19.6 Å². The Morgan fingerprint density at radius 3 is 2.54 bits per heavy atom. The molecule has 3 rings (SSSR count). The lowest BCUT2D eigenvalue weighted by atomic mass is 9.98. The summed E-state index contributed by atoms with van der Waals surface area (Å²) in [5.41, 5.74) is 2.20. The first kappa shape index (κ1) is 16.5. The number of benzene rings is 2.